The first-order chi connectivity index (χ1) is 24.7. The third-order valence-corrected chi connectivity index (χ3v) is 11.1. The number of hydrogen-bond donors (Lipinski definition) is 7. The Morgan fingerprint density at radius 1 is 0.824 bits per heavy atom. The number of nitrogens with zero attached hydrogens (tertiary/aromatic N) is 1. The number of aromatic hydroxyl groups is 1. The maximum atomic E-state index is 13.6. The van der Waals surface area contributed by atoms with Crippen LogP contribution in [0.5, 0.6) is 5.88 Å². The first-order valence-corrected chi connectivity index (χ1v) is 17.8. The van der Waals surface area contributed by atoms with Crippen molar-refractivity contribution >= 4 is 39.4 Å². The number of aromatic amines is 3. The highest BCUT2D eigenvalue weighted by Gasteiger charge is 2.45. The van der Waals surface area contributed by atoms with E-state index in [1.165, 1.54) is 4.57 Å². The van der Waals surface area contributed by atoms with Crippen LogP contribution in [0.15, 0.2) is 58.1 Å². The van der Waals surface area contributed by atoms with Gasteiger partial charge in [-0.1, -0.05) is 49.7 Å². The molecule has 2 amide bonds. The van der Waals surface area contributed by atoms with Crippen molar-refractivity contribution in [2.45, 2.75) is 70.0 Å². The molecular weight excluding hydrogens is 650 g/mol. The maximum absolute atomic E-state index is 13.6. The number of Topliss-reactive ketones (excluding diaryl/α,β-unsaturated/α-hetero) is 1. The van der Waals surface area contributed by atoms with Crippen LogP contribution in [0.4, 0.5) is 0 Å². The van der Waals surface area contributed by atoms with Gasteiger partial charge in [-0.05, 0) is 54.9 Å². The third-order valence-electron chi connectivity index (χ3n) is 11.1. The number of fused-ring (bicyclic) bond motifs is 6. The molecule has 5 atom stereocenters. The van der Waals surface area contributed by atoms with E-state index >= 15 is 0 Å². The number of unbranched alkanes of at least 4 members (excludes halogenated alkanes) is 1. The number of nitrogens with one attached hydrogen (secondary N) is 6. The Morgan fingerprint density at radius 3 is 2.33 bits per heavy atom. The molecule has 0 bridgehead atoms. The summed E-state index contributed by atoms with van der Waals surface area (Å²) in [7, 11) is 0. The zero-order valence-electron chi connectivity index (χ0n) is 28.3. The molecule has 13 heteroatoms. The van der Waals surface area contributed by atoms with E-state index in [4.69, 9.17) is 0 Å². The second kappa shape index (κ2) is 13.1. The molecule has 7 N–H and O–H groups in total. The van der Waals surface area contributed by atoms with E-state index in [0.717, 1.165) is 57.2 Å². The average Bonchev–Trinajstić information content (AvgIpc) is 3.67. The number of rotatable bonds is 8. The van der Waals surface area contributed by atoms with Gasteiger partial charge >= 0.3 is 5.69 Å². The fourth-order valence-electron chi connectivity index (χ4n) is 8.64. The Bertz CT molecular complexity index is 2310. The lowest BCUT2D eigenvalue weighted by atomic mass is 9.78. The quantitative estimate of drug-likeness (QED) is 0.0732. The lowest BCUT2D eigenvalue weighted by molar-refractivity contribution is -0.137. The Labute approximate surface area is 292 Å². The van der Waals surface area contributed by atoms with Gasteiger partial charge in [0.2, 0.25) is 17.7 Å². The zero-order valence-corrected chi connectivity index (χ0v) is 28.3. The summed E-state index contributed by atoms with van der Waals surface area (Å²) in [4.78, 5) is 74.8. The molecule has 5 unspecified atom stereocenters. The van der Waals surface area contributed by atoms with E-state index in [9.17, 15) is 29.1 Å². The van der Waals surface area contributed by atoms with E-state index in [1.807, 2.05) is 55.5 Å². The third kappa shape index (κ3) is 5.60. The molecule has 51 heavy (non-hydrogen) atoms. The summed E-state index contributed by atoms with van der Waals surface area (Å²) in [6.45, 7) is 3.18. The van der Waals surface area contributed by atoms with Gasteiger partial charge < -0.3 is 25.7 Å². The molecule has 2 aromatic carbocycles. The molecular formula is C38H41N7O6. The largest absolute Gasteiger partial charge is 0.494 e. The number of imide groups is 1. The highest BCUT2D eigenvalue weighted by atomic mass is 16.3. The molecule has 0 aliphatic carbocycles. The Morgan fingerprint density at radius 2 is 1.55 bits per heavy atom. The van der Waals surface area contributed by atoms with Crippen molar-refractivity contribution in [2.75, 3.05) is 13.1 Å². The van der Waals surface area contributed by atoms with Crippen LogP contribution < -0.4 is 27.2 Å². The summed E-state index contributed by atoms with van der Waals surface area (Å²) in [5.41, 5.74) is 4.40. The summed E-state index contributed by atoms with van der Waals surface area (Å²) in [5, 5.41) is 22.8. The topological polar surface area (TPSA) is 194 Å². The zero-order chi connectivity index (χ0) is 35.4. The van der Waals surface area contributed by atoms with Gasteiger partial charge in [-0.2, -0.15) is 0 Å². The van der Waals surface area contributed by atoms with Gasteiger partial charge in [0.05, 0.1) is 12.1 Å². The molecule has 3 aliphatic heterocycles. The Hall–Kier alpha value is -5.27. The predicted molar refractivity (Wildman–Crippen MR) is 191 cm³/mol. The standard InChI is InChI=1S/C38H41N7O6/c1-2-19-17-26(46)43-35(48)28(34(19)47)31-33-27(23-11-4-6-13-25(23)42-33)20(18-40-31)9-7-8-16-45-37(50)29(36(49)44-38(45)51)32-30-22(14-15-39-32)21-10-3-5-12-24(21)41-30/h3-6,10-13,19-20,28,31-32,39-42,50H,2,7-9,14-18H2,1H3,(H,43,46,48)(H,44,49,51). The number of amides is 2. The summed E-state index contributed by atoms with van der Waals surface area (Å²) in [5.74, 6) is -3.11. The van der Waals surface area contributed by atoms with E-state index in [-0.39, 0.29) is 36.1 Å². The lowest BCUT2D eigenvalue weighted by Gasteiger charge is -2.34. The van der Waals surface area contributed by atoms with Gasteiger partial charge in [0.25, 0.3) is 5.56 Å². The van der Waals surface area contributed by atoms with Crippen LogP contribution in [0.2, 0.25) is 0 Å². The minimum absolute atomic E-state index is 0.00311. The number of para-hydroxylation sites is 2. The number of benzene rings is 2. The van der Waals surface area contributed by atoms with Crippen molar-refractivity contribution < 1.29 is 19.5 Å². The normalized spacial score (nSPS) is 23.6. The van der Waals surface area contributed by atoms with Gasteiger partial charge in [0, 0.05) is 65.2 Å². The molecule has 0 radical (unpaired) electrons. The van der Waals surface area contributed by atoms with Crippen LogP contribution in [-0.2, 0) is 27.3 Å². The smallest absolute Gasteiger partial charge is 0.331 e. The van der Waals surface area contributed by atoms with E-state index in [1.54, 1.807) is 0 Å². The van der Waals surface area contributed by atoms with Crippen molar-refractivity contribution in [1.82, 2.24) is 35.5 Å². The van der Waals surface area contributed by atoms with Gasteiger partial charge in [-0.25, -0.2) is 4.79 Å². The molecule has 1 saturated heterocycles. The highest BCUT2D eigenvalue weighted by molar-refractivity contribution is 6.12. The van der Waals surface area contributed by atoms with Crippen LogP contribution in [0.1, 0.15) is 85.1 Å². The van der Waals surface area contributed by atoms with Crippen LogP contribution in [0.25, 0.3) is 21.8 Å². The molecule has 8 rings (SSSR count). The molecule has 3 aromatic heterocycles. The van der Waals surface area contributed by atoms with Gasteiger partial charge in [0.1, 0.15) is 11.5 Å². The maximum Gasteiger partial charge on any atom is 0.331 e. The van der Waals surface area contributed by atoms with Crippen molar-refractivity contribution in [2.24, 2.45) is 11.8 Å². The second-order valence-electron chi connectivity index (χ2n) is 14.0. The van der Waals surface area contributed by atoms with Crippen LogP contribution in [0.3, 0.4) is 0 Å². The molecule has 13 nitrogen and oxygen atoms in total. The number of carbonyl (C=O) groups is 3. The first-order valence-electron chi connectivity index (χ1n) is 17.8. The van der Waals surface area contributed by atoms with E-state index in [2.05, 4.69) is 30.9 Å². The minimum Gasteiger partial charge on any atom is -0.494 e. The lowest BCUT2D eigenvalue weighted by Crippen LogP contribution is -2.46. The fraction of sp³-hybridized carbons (Fsp3) is 0.395. The van der Waals surface area contributed by atoms with Gasteiger partial charge in [-0.15, -0.1) is 0 Å². The monoisotopic (exact) mass is 691 g/mol. The van der Waals surface area contributed by atoms with Crippen molar-refractivity contribution in [1.29, 1.82) is 0 Å². The van der Waals surface area contributed by atoms with Gasteiger partial charge in [0.15, 0.2) is 5.78 Å². The molecule has 6 heterocycles. The second-order valence-corrected chi connectivity index (χ2v) is 14.0. The number of H-pyrrole nitrogens is 3. The van der Waals surface area contributed by atoms with Crippen LogP contribution >= 0.6 is 0 Å². The number of hydrogen-bond acceptors (Lipinski definition) is 8. The average molecular weight is 692 g/mol. The molecule has 264 valence electrons. The number of ketones is 1. The number of carbonyl (C=O) groups excluding carboxylic acids is 3. The summed E-state index contributed by atoms with van der Waals surface area (Å²) < 4.78 is 1.24. The molecule has 3 aliphatic rings. The Balaban J connectivity index is 1.03. The van der Waals surface area contributed by atoms with Crippen LogP contribution in [-0.4, -0.2) is 55.3 Å². The fourth-order valence-corrected chi connectivity index (χ4v) is 8.64. The van der Waals surface area contributed by atoms with E-state index in [0.29, 0.717) is 32.4 Å². The van der Waals surface area contributed by atoms with Gasteiger partial charge in [-0.3, -0.25) is 34.0 Å². The Kier molecular flexibility index (Phi) is 8.47. The molecule has 0 saturated carbocycles. The van der Waals surface area contributed by atoms with Crippen molar-refractivity contribution in [3.63, 3.8) is 0 Å². The summed E-state index contributed by atoms with van der Waals surface area (Å²) in [6.07, 6.45) is 3.22. The van der Waals surface area contributed by atoms with Crippen molar-refractivity contribution in [3.8, 4) is 5.88 Å². The molecule has 1 fully saturated rings. The molecule has 0 spiro atoms. The SMILES string of the molecule is CCC1CC(=O)NC(=O)C(C2NCC(CCCCn3c(O)c(C4NCCc5c4[nH]c4ccccc54)c(=O)[nH]c3=O)c3c2[nH]c2ccccc32)C1=O. The summed E-state index contributed by atoms with van der Waals surface area (Å²) in [6, 6.07) is 14.6. The van der Waals surface area contributed by atoms with Crippen LogP contribution in [0, 0.1) is 11.8 Å². The number of aromatic nitrogens is 4. The highest BCUT2D eigenvalue weighted by Crippen LogP contribution is 2.42. The predicted octanol–water partition coefficient (Wildman–Crippen LogP) is 3.30. The molecule has 5 aromatic rings. The van der Waals surface area contributed by atoms with Crippen molar-refractivity contribution in [3.05, 3.63) is 97.4 Å². The minimum atomic E-state index is -1.04. The van der Waals surface area contributed by atoms with E-state index < -0.39 is 47.0 Å². The first kappa shape index (κ1) is 32.9. The summed E-state index contributed by atoms with van der Waals surface area (Å²) >= 11 is 0.